The molecule has 8 heteroatoms. The Hall–Kier alpha value is -0.880. The molecule has 20 heavy (non-hydrogen) atoms. The van der Waals surface area contributed by atoms with Crippen LogP contribution in [0, 0.1) is 0 Å². The number of hydrogen-bond acceptors (Lipinski definition) is 4. The van der Waals surface area contributed by atoms with Crippen molar-refractivity contribution in [2.75, 3.05) is 0 Å². The van der Waals surface area contributed by atoms with Crippen LogP contribution < -0.4 is 0 Å². The maximum Gasteiger partial charge on any atom is 0.225 e. The predicted octanol–water partition coefficient (Wildman–Crippen LogP) is 3.97. The van der Waals surface area contributed by atoms with Crippen LogP contribution in [0.2, 0.25) is 15.6 Å². The molecule has 1 atom stereocenters. The van der Waals surface area contributed by atoms with Crippen molar-refractivity contribution in [2.45, 2.75) is 17.1 Å². The fourth-order valence-electron chi connectivity index (χ4n) is 1.69. The van der Waals surface area contributed by atoms with Crippen LogP contribution in [-0.4, -0.2) is 18.4 Å². The van der Waals surface area contributed by atoms with Gasteiger partial charge in [-0.3, -0.25) is 0 Å². The lowest BCUT2D eigenvalue weighted by Gasteiger charge is -2.14. The van der Waals surface area contributed by atoms with Crippen molar-refractivity contribution < 1.29 is 8.42 Å². The van der Waals surface area contributed by atoms with Gasteiger partial charge in [-0.05, 0) is 24.1 Å². The lowest BCUT2D eigenvalue weighted by atomic mass is 10.2. The average molecular weight is 352 g/mol. The van der Waals surface area contributed by atoms with Gasteiger partial charge in [0.1, 0.15) is 4.90 Å². The van der Waals surface area contributed by atoms with Crippen LogP contribution in [0.25, 0.3) is 0 Å². The van der Waals surface area contributed by atoms with E-state index in [1.807, 2.05) is 0 Å². The van der Waals surface area contributed by atoms with Gasteiger partial charge < -0.3 is 0 Å². The molecule has 1 heterocycles. The maximum absolute atomic E-state index is 12.6. The minimum absolute atomic E-state index is 0.202. The SMILES string of the molecule is CC(c1ccccc1)S(=O)(=O)c1c(Cl)nc(Cl)nc1Cl. The Morgan fingerprint density at radius 2 is 1.50 bits per heavy atom. The van der Waals surface area contributed by atoms with Crippen molar-refractivity contribution >= 4 is 44.6 Å². The topological polar surface area (TPSA) is 59.9 Å². The van der Waals surface area contributed by atoms with E-state index in [0.29, 0.717) is 5.56 Å². The normalized spacial score (nSPS) is 13.2. The summed E-state index contributed by atoms with van der Waals surface area (Å²) in [5.41, 5.74) is 0.620. The molecule has 2 aromatic rings. The molecule has 1 aromatic carbocycles. The number of halogens is 3. The van der Waals surface area contributed by atoms with Crippen molar-refractivity contribution in [1.82, 2.24) is 9.97 Å². The molecule has 0 amide bonds. The van der Waals surface area contributed by atoms with E-state index in [-0.39, 0.29) is 20.5 Å². The van der Waals surface area contributed by atoms with Crippen molar-refractivity contribution in [3.63, 3.8) is 0 Å². The second-order valence-corrected chi connectivity index (χ2v) is 7.26. The Morgan fingerprint density at radius 3 is 2.00 bits per heavy atom. The molecule has 2 rings (SSSR count). The van der Waals surface area contributed by atoms with E-state index >= 15 is 0 Å². The summed E-state index contributed by atoms with van der Waals surface area (Å²) in [6.45, 7) is 1.55. The monoisotopic (exact) mass is 350 g/mol. The van der Waals surface area contributed by atoms with Gasteiger partial charge in [-0.25, -0.2) is 18.4 Å². The lowest BCUT2D eigenvalue weighted by Crippen LogP contribution is -2.13. The molecule has 0 aliphatic rings. The van der Waals surface area contributed by atoms with E-state index in [1.165, 1.54) is 0 Å². The van der Waals surface area contributed by atoms with Gasteiger partial charge in [0, 0.05) is 0 Å². The molecule has 106 valence electrons. The van der Waals surface area contributed by atoms with Gasteiger partial charge >= 0.3 is 0 Å². The molecule has 0 saturated heterocycles. The standard InChI is InChI=1S/C12H9Cl3N2O2S/c1-7(8-5-3-2-4-6-8)20(18,19)9-10(13)16-12(15)17-11(9)14/h2-7H,1H3. The van der Waals surface area contributed by atoms with Crippen molar-refractivity contribution in [3.8, 4) is 0 Å². The van der Waals surface area contributed by atoms with Gasteiger partial charge in [0.15, 0.2) is 20.1 Å². The number of rotatable bonds is 3. The van der Waals surface area contributed by atoms with Crippen LogP contribution in [0.4, 0.5) is 0 Å². The van der Waals surface area contributed by atoms with Crippen molar-refractivity contribution in [1.29, 1.82) is 0 Å². The number of aromatic nitrogens is 2. The zero-order valence-electron chi connectivity index (χ0n) is 10.2. The molecule has 0 radical (unpaired) electrons. The third-order valence-electron chi connectivity index (χ3n) is 2.77. The van der Waals surface area contributed by atoms with E-state index in [1.54, 1.807) is 37.3 Å². The summed E-state index contributed by atoms with van der Waals surface area (Å²) < 4.78 is 25.2. The lowest BCUT2D eigenvalue weighted by molar-refractivity contribution is 0.585. The van der Waals surface area contributed by atoms with Crippen LogP contribution in [-0.2, 0) is 9.84 Å². The van der Waals surface area contributed by atoms with Gasteiger partial charge in [-0.1, -0.05) is 53.5 Å². The van der Waals surface area contributed by atoms with E-state index in [0.717, 1.165) is 0 Å². The highest BCUT2D eigenvalue weighted by molar-refractivity contribution is 7.91. The van der Waals surface area contributed by atoms with Gasteiger partial charge in [0.05, 0.1) is 5.25 Å². The first kappa shape index (κ1) is 15.5. The summed E-state index contributed by atoms with van der Waals surface area (Å²) in [6, 6.07) is 8.72. The van der Waals surface area contributed by atoms with E-state index in [2.05, 4.69) is 9.97 Å². The third-order valence-corrected chi connectivity index (χ3v) is 5.87. The van der Waals surface area contributed by atoms with Crippen LogP contribution in [0.5, 0.6) is 0 Å². The van der Waals surface area contributed by atoms with E-state index in [9.17, 15) is 8.42 Å². The zero-order valence-corrected chi connectivity index (χ0v) is 13.3. The molecular weight excluding hydrogens is 343 g/mol. The first-order chi connectivity index (χ1) is 9.34. The molecule has 0 aliphatic carbocycles. The second kappa shape index (κ2) is 5.85. The molecule has 0 spiro atoms. The van der Waals surface area contributed by atoms with Gasteiger partial charge in [-0.2, -0.15) is 0 Å². The van der Waals surface area contributed by atoms with Crippen LogP contribution in [0.1, 0.15) is 17.7 Å². The molecule has 4 nitrogen and oxygen atoms in total. The average Bonchev–Trinajstić information content (AvgIpc) is 2.37. The summed E-state index contributed by atoms with van der Waals surface area (Å²) in [4.78, 5) is 6.96. The summed E-state index contributed by atoms with van der Waals surface area (Å²) in [5.74, 6) is 0. The molecule has 1 aromatic heterocycles. The molecule has 1 unspecified atom stereocenters. The van der Waals surface area contributed by atoms with Crippen molar-refractivity contribution in [2.24, 2.45) is 0 Å². The minimum Gasteiger partial charge on any atom is -0.223 e. The maximum atomic E-state index is 12.6. The smallest absolute Gasteiger partial charge is 0.223 e. The molecule has 0 N–H and O–H groups in total. The third kappa shape index (κ3) is 2.91. The van der Waals surface area contributed by atoms with E-state index < -0.39 is 15.1 Å². The van der Waals surface area contributed by atoms with Crippen LogP contribution >= 0.6 is 34.8 Å². The number of sulfone groups is 1. The minimum atomic E-state index is -3.82. The summed E-state index contributed by atoms with van der Waals surface area (Å²) in [6.07, 6.45) is 0. The highest BCUT2D eigenvalue weighted by atomic mass is 35.5. The number of hydrogen-bond donors (Lipinski definition) is 0. The van der Waals surface area contributed by atoms with Crippen LogP contribution in [0.3, 0.4) is 0 Å². The van der Waals surface area contributed by atoms with Gasteiger partial charge in [0.2, 0.25) is 5.28 Å². The Balaban J connectivity index is 2.57. The molecule has 0 aliphatic heterocycles. The van der Waals surface area contributed by atoms with Gasteiger partial charge in [-0.15, -0.1) is 0 Å². The summed E-state index contributed by atoms with van der Waals surface area (Å²) in [7, 11) is -3.82. The largest absolute Gasteiger partial charge is 0.225 e. The first-order valence-corrected chi connectivity index (χ1v) is 8.19. The quantitative estimate of drug-likeness (QED) is 0.620. The van der Waals surface area contributed by atoms with Crippen LogP contribution in [0.15, 0.2) is 35.2 Å². The zero-order chi connectivity index (χ0) is 14.9. The molecular formula is C12H9Cl3N2O2S. The Kier molecular flexibility index (Phi) is 4.54. The second-order valence-electron chi connectivity index (χ2n) is 4.00. The fraction of sp³-hybridized carbons (Fsp3) is 0.167. The first-order valence-electron chi connectivity index (χ1n) is 5.51. The summed E-state index contributed by atoms with van der Waals surface area (Å²) >= 11 is 17.3. The molecule has 0 saturated carbocycles. The molecule has 0 bridgehead atoms. The Morgan fingerprint density at radius 1 is 1.00 bits per heavy atom. The highest BCUT2D eigenvalue weighted by Gasteiger charge is 2.31. The van der Waals surface area contributed by atoms with Gasteiger partial charge in [0.25, 0.3) is 0 Å². The van der Waals surface area contributed by atoms with Crippen molar-refractivity contribution in [3.05, 3.63) is 51.5 Å². The Bertz CT molecular complexity index is 713. The van der Waals surface area contributed by atoms with E-state index in [4.69, 9.17) is 34.8 Å². The molecule has 0 fully saturated rings. The summed E-state index contributed by atoms with van der Waals surface area (Å²) in [5, 5.41) is -1.59. The number of benzene rings is 1. The highest BCUT2D eigenvalue weighted by Crippen LogP contribution is 2.35. The Labute approximate surface area is 131 Å². The predicted molar refractivity (Wildman–Crippen MR) is 79.1 cm³/mol. The fourth-order valence-corrected chi connectivity index (χ4v) is 4.41. The number of nitrogens with zero attached hydrogens (tertiary/aromatic N) is 2.